The smallest absolute Gasteiger partial charge is 0.362 e. The summed E-state index contributed by atoms with van der Waals surface area (Å²) in [6.07, 6.45) is 7.81. The molecular formula is C33H54N2O7+2. The lowest BCUT2D eigenvalue weighted by molar-refractivity contribution is -0.862. The highest BCUT2D eigenvalue weighted by atomic mass is 16.6. The number of carbonyl (C=O) groups excluding carboxylic acids is 3. The van der Waals surface area contributed by atoms with E-state index in [4.69, 9.17) is 14.2 Å². The molecule has 0 bridgehead atoms. The molecule has 1 N–H and O–H groups in total. The van der Waals surface area contributed by atoms with Crippen molar-refractivity contribution >= 4 is 17.9 Å². The highest BCUT2D eigenvalue weighted by molar-refractivity contribution is 5.85. The van der Waals surface area contributed by atoms with Gasteiger partial charge in [0.05, 0.1) is 47.9 Å². The van der Waals surface area contributed by atoms with Gasteiger partial charge in [-0.2, -0.15) is 0 Å². The second-order valence-corrected chi connectivity index (χ2v) is 16.7. The maximum atomic E-state index is 13.1. The van der Waals surface area contributed by atoms with Crippen LogP contribution in [0.4, 0.5) is 0 Å². The van der Waals surface area contributed by atoms with E-state index in [0.29, 0.717) is 33.8 Å². The van der Waals surface area contributed by atoms with E-state index in [-0.39, 0.29) is 54.4 Å². The molecule has 0 aromatic rings. The molecule has 5 aliphatic rings. The Morgan fingerprint density at radius 3 is 2.17 bits per heavy atom. The van der Waals surface area contributed by atoms with Gasteiger partial charge in [0.25, 0.3) is 0 Å². The van der Waals surface area contributed by atoms with Crippen LogP contribution in [-0.4, -0.2) is 112 Å². The first-order valence-electron chi connectivity index (χ1n) is 15.9. The van der Waals surface area contributed by atoms with E-state index in [9.17, 15) is 19.5 Å². The Morgan fingerprint density at radius 1 is 0.929 bits per heavy atom. The average Bonchev–Trinajstić information content (AvgIpc) is 3.34. The van der Waals surface area contributed by atoms with Gasteiger partial charge in [-0.15, -0.1) is 0 Å². The summed E-state index contributed by atoms with van der Waals surface area (Å²) < 4.78 is 18.5. The maximum Gasteiger partial charge on any atom is 0.362 e. The molecule has 9 atom stereocenters. The van der Waals surface area contributed by atoms with Gasteiger partial charge in [-0.3, -0.25) is 0 Å². The van der Waals surface area contributed by atoms with Crippen molar-refractivity contribution in [3.8, 4) is 0 Å². The van der Waals surface area contributed by atoms with Crippen LogP contribution in [0.15, 0.2) is 11.6 Å². The number of quaternary nitrogens is 2. The predicted molar refractivity (Wildman–Crippen MR) is 157 cm³/mol. The minimum atomic E-state index is -1.02. The first-order valence-corrected chi connectivity index (χ1v) is 15.9. The van der Waals surface area contributed by atoms with E-state index in [1.165, 1.54) is 0 Å². The van der Waals surface area contributed by atoms with Crippen molar-refractivity contribution in [1.29, 1.82) is 0 Å². The summed E-state index contributed by atoms with van der Waals surface area (Å²) in [6, 6.07) is 0. The molecule has 1 aliphatic heterocycles. The van der Waals surface area contributed by atoms with Crippen LogP contribution < -0.4 is 0 Å². The maximum absolute atomic E-state index is 13.1. The van der Waals surface area contributed by atoms with Crippen LogP contribution in [0, 0.1) is 34.5 Å². The van der Waals surface area contributed by atoms with Gasteiger partial charge in [-0.1, -0.05) is 13.8 Å². The lowest BCUT2D eigenvalue weighted by Gasteiger charge is -2.63. The second kappa shape index (κ2) is 10.6. The van der Waals surface area contributed by atoms with Gasteiger partial charge in [0.1, 0.15) is 18.8 Å². The number of hydrogen-bond donors (Lipinski definition) is 1. The molecule has 9 heteroatoms. The van der Waals surface area contributed by atoms with Crippen LogP contribution in [0.2, 0.25) is 0 Å². The van der Waals surface area contributed by atoms with Crippen molar-refractivity contribution in [3.63, 3.8) is 0 Å². The van der Waals surface area contributed by atoms with Crippen molar-refractivity contribution in [2.45, 2.75) is 83.0 Å². The molecule has 0 aromatic heterocycles. The zero-order valence-electron chi connectivity index (χ0n) is 27.1. The summed E-state index contributed by atoms with van der Waals surface area (Å²) in [5.74, 6) is -0.152. The van der Waals surface area contributed by atoms with Gasteiger partial charge in [-0.05, 0) is 73.7 Å². The Balaban J connectivity index is 1.37. The summed E-state index contributed by atoms with van der Waals surface area (Å²) >= 11 is 0. The summed E-state index contributed by atoms with van der Waals surface area (Å²) in [5.41, 5.74) is -0.647. The van der Waals surface area contributed by atoms with Gasteiger partial charge >= 0.3 is 17.9 Å². The molecular weight excluding hydrogens is 536 g/mol. The summed E-state index contributed by atoms with van der Waals surface area (Å²) in [7, 11) is 11.9. The molecule has 0 radical (unpaired) electrons. The molecule has 4 fully saturated rings. The van der Waals surface area contributed by atoms with Crippen LogP contribution in [0.3, 0.4) is 0 Å². The lowest BCUT2D eigenvalue weighted by Crippen LogP contribution is -2.62. The van der Waals surface area contributed by atoms with Crippen molar-refractivity contribution < 1.29 is 42.7 Å². The summed E-state index contributed by atoms with van der Waals surface area (Å²) in [6.45, 7) is 5.36. The Labute approximate surface area is 251 Å². The van der Waals surface area contributed by atoms with Gasteiger partial charge < -0.3 is 28.3 Å². The molecule has 5 rings (SSSR count). The SMILES string of the molecule is C[C@]12CC[C@H](OC(=O)C[N+](C)(C)C)C[C@H]1CC[C@@H]1[C@@H]2CC[C@]2(C)[C@@H](C3=CC(=O)OC3)[C@H](OC(=O)C[N+](C)(C)C)C[C@]12O. The molecule has 42 heavy (non-hydrogen) atoms. The number of nitrogens with zero attached hydrogens (tertiary/aromatic N) is 2. The lowest BCUT2D eigenvalue weighted by atomic mass is 9.43. The largest absolute Gasteiger partial charge is 0.458 e. The predicted octanol–water partition coefficient (Wildman–Crippen LogP) is 3.09. The topological polar surface area (TPSA) is 99.1 Å². The third-order valence-electron chi connectivity index (χ3n) is 11.7. The van der Waals surface area contributed by atoms with E-state index in [2.05, 4.69) is 13.8 Å². The Hall–Kier alpha value is -1.97. The van der Waals surface area contributed by atoms with Crippen molar-refractivity contribution in [2.24, 2.45) is 34.5 Å². The highest BCUT2D eigenvalue weighted by Crippen LogP contribution is 2.70. The number of likely N-dealkylation sites (N-methyl/N-ethyl adjacent to an activating group) is 2. The number of fused-ring (bicyclic) bond motifs is 5. The number of hydrogen-bond acceptors (Lipinski definition) is 7. The van der Waals surface area contributed by atoms with Gasteiger partial charge in [0.15, 0.2) is 13.1 Å². The summed E-state index contributed by atoms with van der Waals surface area (Å²) in [5, 5.41) is 12.8. The molecule has 0 unspecified atom stereocenters. The van der Waals surface area contributed by atoms with Crippen molar-refractivity contribution in [2.75, 3.05) is 62.0 Å². The zero-order valence-corrected chi connectivity index (χ0v) is 27.1. The number of aliphatic hydroxyl groups is 1. The van der Waals surface area contributed by atoms with Crippen LogP contribution in [-0.2, 0) is 28.6 Å². The first kappa shape index (κ1) is 31.5. The third-order valence-corrected chi connectivity index (χ3v) is 11.7. The minimum Gasteiger partial charge on any atom is -0.458 e. The van der Waals surface area contributed by atoms with E-state index < -0.39 is 17.1 Å². The fourth-order valence-corrected chi connectivity index (χ4v) is 9.84. The number of esters is 3. The van der Waals surface area contributed by atoms with E-state index in [1.807, 2.05) is 42.3 Å². The Kier molecular flexibility index (Phi) is 7.93. The normalized spacial score (nSPS) is 41.6. The fourth-order valence-electron chi connectivity index (χ4n) is 9.84. The van der Waals surface area contributed by atoms with Gasteiger partial charge in [0.2, 0.25) is 0 Å². The molecule has 236 valence electrons. The fraction of sp³-hybridized carbons (Fsp3) is 0.848. The number of carbonyl (C=O) groups is 3. The van der Waals surface area contributed by atoms with Crippen LogP contribution in [0.1, 0.15) is 65.2 Å². The average molecular weight is 591 g/mol. The molecule has 0 amide bonds. The molecule has 0 saturated heterocycles. The first-order chi connectivity index (χ1) is 19.3. The van der Waals surface area contributed by atoms with Crippen LogP contribution >= 0.6 is 0 Å². The van der Waals surface area contributed by atoms with Crippen molar-refractivity contribution in [1.82, 2.24) is 0 Å². The monoisotopic (exact) mass is 590 g/mol. The molecule has 0 spiro atoms. The zero-order chi connectivity index (χ0) is 30.9. The quantitative estimate of drug-likeness (QED) is 0.276. The van der Waals surface area contributed by atoms with Gasteiger partial charge in [-0.25, -0.2) is 14.4 Å². The van der Waals surface area contributed by atoms with E-state index >= 15 is 0 Å². The number of rotatable bonds is 7. The minimum absolute atomic E-state index is 0.0386. The molecule has 1 heterocycles. The second-order valence-electron chi connectivity index (χ2n) is 16.7. The third kappa shape index (κ3) is 5.65. The Bertz CT molecular complexity index is 1140. The highest BCUT2D eigenvalue weighted by Gasteiger charge is 2.71. The molecule has 4 aliphatic carbocycles. The van der Waals surface area contributed by atoms with Crippen LogP contribution in [0.25, 0.3) is 0 Å². The standard InChI is InChI=1S/C33H54N2O7/c1-31-13-11-23(41-28(37)18-34(3,4)5)16-22(31)9-10-25-24(31)12-14-32(2)30(21-15-27(36)40-20-21)26(17-33(25,32)39)42-29(38)19-35(6,7)8/h15,22-26,30,39H,9-14,16-20H2,1-8H3/q+2/t22-,23+,24+,25-,26-,30+,31+,32-,33+/m1/s1. The molecule has 9 nitrogen and oxygen atoms in total. The molecule has 0 aromatic carbocycles. The van der Waals surface area contributed by atoms with Crippen molar-refractivity contribution in [3.05, 3.63) is 11.6 Å². The van der Waals surface area contributed by atoms with E-state index in [0.717, 1.165) is 50.5 Å². The number of cyclic esters (lactones) is 1. The van der Waals surface area contributed by atoms with Crippen LogP contribution in [0.5, 0.6) is 0 Å². The van der Waals surface area contributed by atoms with Gasteiger partial charge in [0, 0.05) is 23.8 Å². The van der Waals surface area contributed by atoms with E-state index in [1.54, 1.807) is 6.08 Å². The summed E-state index contributed by atoms with van der Waals surface area (Å²) in [4.78, 5) is 37.8. The molecule has 4 saturated carbocycles. The Morgan fingerprint density at radius 2 is 1.57 bits per heavy atom. The number of ether oxygens (including phenoxy) is 3.